The average molecular weight is 245 g/mol. The first-order valence-corrected chi connectivity index (χ1v) is 6.78. The third-order valence-corrected chi connectivity index (χ3v) is 3.50. The summed E-state index contributed by atoms with van der Waals surface area (Å²) >= 11 is 0. The van der Waals surface area contributed by atoms with Crippen LogP contribution in [0.25, 0.3) is 11.0 Å². The van der Waals surface area contributed by atoms with Crippen LogP contribution in [0.3, 0.4) is 0 Å². The molecule has 0 saturated heterocycles. The molecule has 1 N–H and O–H groups in total. The van der Waals surface area contributed by atoms with E-state index in [0.717, 1.165) is 24.3 Å². The predicted octanol–water partition coefficient (Wildman–Crippen LogP) is 4.42. The molecule has 2 aromatic rings. The normalized spacial score (nSPS) is 13.2. The third kappa shape index (κ3) is 2.30. The fourth-order valence-electron chi connectivity index (χ4n) is 2.55. The molecule has 1 heterocycles. The molecule has 2 rings (SSSR count). The number of benzene rings is 1. The van der Waals surface area contributed by atoms with E-state index in [1.807, 2.05) is 0 Å². The molecule has 1 unspecified atom stereocenters. The van der Waals surface area contributed by atoms with Gasteiger partial charge in [0.25, 0.3) is 0 Å². The van der Waals surface area contributed by atoms with Crippen LogP contribution in [0.15, 0.2) is 16.5 Å². The molecule has 0 bridgehead atoms. The van der Waals surface area contributed by atoms with Crippen LogP contribution in [0.5, 0.6) is 0 Å². The van der Waals surface area contributed by atoms with Crippen molar-refractivity contribution in [2.75, 3.05) is 6.54 Å². The zero-order valence-electron chi connectivity index (χ0n) is 12.1. The number of furan rings is 1. The second-order valence-electron chi connectivity index (χ2n) is 5.23. The molecule has 1 atom stereocenters. The lowest BCUT2D eigenvalue weighted by Crippen LogP contribution is -2.19. The van der Waals surface area contributed by atoms with Gasteiger partial charge in [-0.2, -0.15) is 0 Å². The summed E-state index contributed by atoms with van der Waals surface area (Å²) in [4.78, 5) is 0. The van der Waals surface area contributed by atoms with E-state index >= 15 is 0 Å². The molecular weight excluding hydrogens is 222 g/mol. The Kier molecular flexibility index (Phi) is 3.76. The lowest BCUT2D eigenvalue weighted by atomic mass is 10.0. The molecule has 0 spiro atoms. The Balaban J connectivity index is 2.47. The number of hydrogen-bond donors (Lipinski definition) is 1. The summed E-state index contributed by atoms with van der Waals surface area (Å²) in [7, 11) is 0. The molecule has 0 aliphatic heterocycles. The van der Waals surface area contributed by atoms with Crippen LogP contribution in [0.4, 0.5) is 0 Å². The van der Waals surface area contributed by atoms with Crippen LogP contribution in [-0.4, -0.2) is 6.54 Å². The Morgan fingerprint density at radius 3 is 2.61 bits per heavy atom. The van der Waals surface area contributed by atoms with Gasteiger partial charge in [0, 0.05) is 5.39 Å². The minimum absolute atomic E-state index is 0.275. The minimum Gasteiger partial charge on any atom is -0.459 e. The van der Waals surface area contributed by atoms with Gasteiger partial charge < -0.3 is 9.73 Å². The maximum atomic E-state index is 6.08. The van der Waals surface area contributed by atoms with Crippen LogP contribution in [0.1, 0.15) is 48.8 Å². The van der Waals surface area contributed by atoms with Crippen LogP contribution < -0.4 is 5.32 Å². The summed E-state index contributed by atoms with van der Waals surface area (Å²) in [6, 6.07) is 4.67. The monoisotopic (exact) mass is 245 g/mol. The van der Waals surface area contributed by atoms with E-state index in [2.05, 4.69) is 52.1 Å². The maximum Gasteiger partial charge on any atom is 0.137 e. The Morgan fingerprint density at radius 1 is 1.22 bits per heavy atom. The van der Waals surface area contributed by atoms with E-state index in [-0.39, 0.29) is 6.04 Å². The van der Waals surface area contributed by atoms with Crippen molar-refractivity contribution in [1.29, 1.82) is 0 Å². The standard InChI is InChI=1S/C16H23NO/c1-6-7-17-13(5)16-12(4)14-9-10(2)8-11(3)15(14)18-16/h8-9,13,17H,6-7H2,1-5H3. The van der Waals surface area contributed by atoms with Crippen molar-refractivity contribution in [3.8, 4) is 0 Å². The summed E-state index contributed by atoms with van der Waals surface area (Å²) in [5, 5.41) is 4.75. The second-order valence-corrected chi connectivity index (χ2v) is 5.23. The highest BCUT2D eigenvalue weighted by molar-refractivity contribution is 5.85. The van der Waals surface area contributed by atoms with Gasteiger partial charge in [-0.25, -0.2) is 0 Å². The molecule has 0 aliphatic rings. The molecule has 0 amide bonds. The van der Waals surface area contributed by atoms with Gasteiger partial charge >= 0.3 is 0 Å². The largest absolute Gasteiger partial charge is 0.459 e. The average Bonchev–Trinajstić information content (AvgIpc) is 2.65. The first-order valence-electron chi connectivity index (χ1n) is 6.78. The zero-order valence-corrected chi connectivity index (χ0v) is 12.1. The Bertz CT molecular complexity index is 554. The van der Waals surface area contributed by atoms with E-state index < -0.39 is 0 Å². The van der Waals surface area contributed by atoms with Gasteiger partial charge in [0.2, 0.25) is 0 Å². The number of nitrogens with one attached hydrogen (secondary N) is 1. The van der Waals surface area contributed by atoms with Crippen LogP contribution >= 0.6 is 0 Å². The summed E-state index contributed by atoms with van der Waals surface area (Å²) in [5.41, 5.74) is 4.83. The van der Waals surface area contributed by atoms with E-state index in [1.54, 1.807) is 0 Å². The van der Waals surface area contributed by atoms with E-state index in [0.29, 0.717) is 0 Å². The molecule has 0 saturated carbocycles. The van der Waals surface area contributed by atoms with E-state index in [1.165, 1.54) is 22.1 Å². The van der Waals surface area contributed by atoms with Crippen LogP contribution in [0, 0.1) is 20.8 Å². The lowest BCUT2D eigenvalue weighted by molar-refractivity contribution is 0.448. The van der Waals surface area contributed by atoms with Gasteiger partial charge in [-0.05, 0) is 63.4 Å². The van der Waals surface area contributed by atoms with Gasteiger partial charge in [-0.3, -0.25) is 0 Å². The van der Waals surface area contributed by atoms with Crippen molar-refractivity contribution in [3.63, 3.8) is 0 Å². The van der Waals surface area contributed by atoms with Crippen LogP contribution in [-0.2, 0) is 0 Å². The smallest absolute Gasteiger partial charge is 0.137 e. The molecule has 2 nitrogen and oxygen atoms in total. The fourth-order valence-corrected chi connectivity index (χ4v) is 2.55. The Morgan fingerprint density at radius 2 is 1.94 bits per heavy atom. The molecule has 0 fully saturated rings. The summed E-state index contributed by atoms with van der Waals surface area (Å²) in [6.45, 7) is 11.8. The highest BCUT2D eigenvalue weighted by Gasteiger charge is 2.17. The highest BCUT2D eigenvalue weighted by atomic mass is 16.3. The minimum atomic E-state index is 0.275. The summed E-state index contributed by atoms with van der Waals surface area (Å²) in [5.74, 6) is 1.08. The van der Waals surface area contributed by atoms with Crippen molar-refractivity contribution >= 4 is 11.0 Å². The summed E-state index contributed by atoms with van der Waals surface area (Å²) < 4.78 is 6.08. The van der Waals surface area contributed by atoms with Crippen molar-refractivity contribution in [2.45, 2.75) is 47.1 Å². The quantitative estimate of drug-likeness (QED) is 0.862. The predicted molar refractivity (Wildman–Crippen MR) is 77.1 cm³/mol. The molecule has 0 radical (unpaired) electrons. The van der Waals surface area contributed by atoms with Crippen molar-refractivity contribution in [1.82, 2.24) is 5.32 Å². The van der Waals surface area contributed by atoms with Gasteiger partial charge in [-0.1, -0.05) is 13.0 Å². The highest BCUT2D eigenvalue weighted by Crippen LogP contribution is 2.32. The third-order valence-electron chi connectivity index (χ3n) is 3.50. The topological polar surface area (TPSA) is 25.2 Å². The molecule has 0 aliphatic carbocycles. The lowest BCUT2D eigenvalue weighted by Gasteiger charge is -2.11. The van der Waals surface area contributed by atoms with Gasteiger partial charge in [0.15, 0.2) is 0 Å². The number of aryl methyl sites for hydroxylation is 3. The van der Waals surface area contributed by atoms with Gasteiger partial charge in [0.05, 0.1) is 6.04 Å². The molecule has 2 heteroatoms. The molecular formula is C16H23NO. The van der Waals surface area contributed by atoms with Crippen molar-refractivity contribution in [3.05, 3.63) is 34.6 Å². The molecule has 18 heavy (non-hydrogen) atoms. The summed E-state index contributed by atoms with van der Waals surface area (Å²) in [6.07, 6.45) is 1.14. The fraction of sp³-hybridized carbons (Fsp3) is 0.500. The first kappa shape index (κ1) is 13.2. The Labute approximate surface area is 109 Å². The Hall–Kier alpha value is -1.28. The molecule has 1 aromatic heterocycles. The maximum absolute atomic E-state index is 6.08. The van der Waals surface area contributed by atoms with Crippen molar-refractivity contribution < 1.29 is 4.42 Å². The van der Waals surface area contributed by atoms with Gasteiger partial charge in [-0.15, -0.1) is 0 Å². The zero-order chi connectivity index (χ0) is 13.3. The van der Waals surface area contributed by atoms with E-state index in [9.17, 15) is 0 Å². The second kappa shape index (κ2) is 5.15. The molecule has 98 valence electrons. The van der Waals surface area contributed by atoms with Crippen molar-refractivity contribution in [2.24, 2.45) is 0 Å². The molecule has 1 aromatic carbocycles. The first-order chi connectivity index (χ1) is 8.54. The van der Waals surface area contributed by atoms with Gasteiger partial charge in [0.1, 0.15) is 11.3 Å². The van der Waals surface area contributed by atoms with E-state index in [4.69, 9.17) is 4.42 Å². The number of hydrogen-bond acceptors (Lipinski definition) is 2. The number of fused-ring (bicyclic) bond motifs is 1. The SMILES string of the molecule is CCCNC(C)c1oc2c(C)cc(C)cc2c1C. The van der Waals surface area contributed by atoms with Crippen LogP contribution in [0.2, 0.25) is 0 Å². The number of rotatable bonds is 4.